The number of hydrogen-bond acceptors (Lipinski definition) is 7. The van der Waals surface area contributed by atoms with E-state index < -0.39 is 11.8 Å². The Kier molecular flexibility index (Phi) is 10.3. The van der Waals surface area contributed by atoms with Crippen molar-refractivity contribution in [1.29, 1.82) is 0 Å². The Morgan fingerprint density at radius 2 is 1.74 bits per heavy atom. The fraction of sp³-hybridized carbons (Fsp3) is 0.120. The second-order valence-electron chi connectivity index (χ2n) is 6.65. The standard InChI is InChI=1S/C23H22N4O3S.C2H4O/c1-25-20(21(24)28)23(27-22(29)16-8-11-19(30-2)12-9-16)31-14-26-18-10-7-15-5-3-4-6-17(15)13-18;1-2-3/h3-13,26H,1,14H2,2H3,(H2,24,28)(H,27,29);2H,1H3/b23-20-;. The Labute approximate surface area is 202 Å². The first kappa shape index (κ1) is 26.1. The molecule has 0 aliphatic heterocycles. The molecular formula is C25H26N4O4S. The van der Waals surface area contributed by atoms with Gasteiger partial charge in [-0.05, 0) is 60.8 Å². The van der Waals surface area contributed by atoms with E-state index in [1.807, 2.05) is 42.5 Å². The molecule has 0 radical (unpaired) electrons. The van der Waals surface area contributed by atoms with Gasteiger partial charge in [0.25, 0.3) is 11.8 Å². The van der Waals surface area contributed by atoms with E-state index in [0.717, 1.165) is 22.7 Å². The quantitative estimate of drug-likeness (QED) is 0.185. The summed E-state index contributed by atoms with van der Waals surface area (Å²) in [4.78, 5) is 36.9. The average molecular weight is 479 g/mol. The number of amides is 2. The molecule has 34 heavy (non-hydrogen) atoms. The van der Waals surface area contributed by atoms with Crippen molar-refractivity contribution in [3.63, 3.8) is 0 Å². The third-order valence-electron chi connectivity index (χ3n) is 4.43. The summed E-state index contributed by atoms with van der Waals surface area (Å²) in [5, 5.41) is 8.43. The van der Waals surface area contributed by atoms with Crippen LogP contribution in [0.3, 0.4) is 0 Å². The lowest BCUT2D eigenvalue weighted by Crippen LogP contribution is -2.26. The monoisotopic (exact) mass is 478 g/mol. The summed E-state index contributed by atoms with van der Waals surface area (Å²) in [6, 6.07) is 20.6. The van der Waals surface area contributed by atoms with Gasteiger partial charge in [-0.15, -0.1) is 0 Å². The number of aliphatic imine (C=N–C) groups is 1. The molecule has 3 rings (SSSR count). The number of nitrogens with two attached hydrogens (primary N) is 1. The first-order valence-corrected chi connectivity index (χ1v) is 11.1. The van der Waals surface area contributed by atoms with Crippen molar-refractivity contribution in [3.8, 4) is 5.75 Å². The van der Waals surface area contributed by atoms with Crippen LogP contribution < -0.4 is 21.1 Å². The highest BCUT2D eigenvalue weighted by molar-refractivity contribution is 8.03. The number of carbonyl (C=O) groups excluding carboxylic acids is 3. The molecule has 0 spiro atoms. The first-order valence-electron chi connectivity index (χ1n) is 10.1. The molecule has 3 aromatic rings. The molecule has 0 aliphatic carbocycles. The lowest BCUT2D eigenvalue weighted by atomic mass is 10.1. The molecule has 3 aromatic carbocycles. The Balaban J connectivity index is 0.00000129. The van der Waals surface area contributed by atoms with Crippen LogP contribution in [0.2, 0.25) is 0 Å². The number of thioether (sulfide) groups is 1. The largest absolute Gasteiger partial charge is 0.497 e. The van der Waals surface area contributed by atoms with Crippen molar-refractivity contribution in [3.05, 3.63) is 83.0 Å². The maximum absolute atomic E-state index is 12.6. The smallest absolute Gasteiger partial charge is 0.270 e. The van der Waals surface area contributed by atoms with E-state index in [-0.39, 0.29) is 10.7 Å². The summed E-state index contributed by atoms with van der Waals surface area (Å²) in [6.07, 6.45) is 0.750. The van der Waals surface area contributed by atoms with E-state index in [1.165, 1.54) is 18.7 Å². The zero-order valence-corrected chi connectivity index (χ0v) is 19.7. The van der Waals surface area contributed by atoms with Crippen molar-refractivity contribution in [2.24, 2.45) is 10.7 Å². The highest BCUT2D eigenvalue weighted by Crippen LogP contribution is 2.23. The molecule has 0 saturated carbocycles. The highest BCUT2D eigenvalue weighted by atomic mass is 32.2. The maximum Gasteiger partial charge on any atom is 0.270 e. The first-order chi connectivity index (χ1) is 16.4. The number of rotatable bonds is 9. The van der Waals surface area contributed by atoms with Crippen LogP contribution >= 0.6 is 11.8 Å². The summed E-state index contributed by atoms with van der Waals surface area (Å²) in [5.74, 6) is -0.188. The zero-order valence-electron chi connectivity index (χ0n) is 18.9. The molecule has 0 fully saturated rings. The molecule has 0 atom stereocenters. The Morgan fingerprint density at radius 1 is 1.09 bits per heavy atom. The predicted octanol–water partition coefficient (Wildman–Crippen LogP) is 3.94. The predicted molar refractivity (Wildman–Crippen MR) is 138 cm³/mol. The zero-order chi connectivity index (χ0) is 24.9. The molecule has 0 heterocycles. The molecule has 2 amide bonds. The van der Waals surface area contributed by atoms with Gasteiger partial charge in [0.1, 0.15) is 17.1 Å². The van der Waals surface area contributed by atoms with E-state index in [9.17, 15) is 9.59 Å². The molecule has 176 valence electrons. The fourth-order valence-corrected chi connectivity index (χ4v) is 3.68. The molecule has 0 bridgehead atoms. The SMILES string of the molecule is C=N/C(C(N)=O)=C(/NC(=O)c1ccc(OC)cc1)SCNc1ccc2ccccc2c1.CC=O. The summed E-state index contributed by atoms with van der Waals surface area (Å²) < 4.78 is 5.10. The van der Waals surface area contributed by atoms with Gasteiger partial charge in [0.15, 0.2) is 5.70 Å². The van der Waals surface area contributed by atoms with Crippen molar-refractivity contribution in [2.45, 2.75) is 6.92 Å². The van der Waals surface area contributed by atoms with Crippen LogP contribution in [0.15, 0.2) is 82.4 Å². The minimum atomic E-state index is -0.779. The normalized spacial score (nSPS) is 10.8. The molecule has 0 aromatic heterocycles. The number of ether oxygens (including phenoxy) is 1. The van der Waals surface area contributed by atoms with Gasteiger partial charge >= 0.3 is 0 Å². The third kappa shape index (κ3) is 7.49. The van der Waals surface area contributed by atoms with Crippen molar-refractivity contribution >= 4 is 53.0 Å². The number of primary amides is 1. The lowest BCUT2D eigenvalue weighted by Gasteiger charge is -2.13. The molecule has 0 saturated heterocycles. The van der Waals surface area contributed by atoms with Gasteiger partial charge in [0, 0.05) is 11.3 Å². The molecule has 0 unspecified atom stereocenters. The van der Waals surface area contributed by atoms with Crippen LogP contribution in [0.25, 0.3) is 10.8 Å². The maximum atomic E-state index is 12.6. The van der Waals surface area contributed by atoms with E-state index in [2.05, 4.69) is 22.3 Å². The van der Waals surface area contributed by atoms with Gasteiger partial charge in [-0.1, -0.05) is 42.1 Å². The average Bonchev–Trinajstić information content (AvgIpc) is 2.84. The van der Waals surface area contributed by atoms with Gasteiger partial charge in [-0.25, -0.2) is 0 Å². The Morgan fingerprint density at radius 3 is 2.32 bits per heavy atom. The molecule has 4 N–H and O–H groups in total. The number of nitrogens with zero attached hydrogens (tertiary/aromatic N) is 1. The van der Waals surface area contributed by atoms with Gasteiger partial charge in [-0.2, -0.15) is 0 Å². The number of carbonyl (C=O) groups is 3. The number of methoxy groups -OCH3 is 1. The van der Waals surface area contributed by atoms with Gasteiger partial charge in [-0.3, -0.25) is 14.6 Å². The minimum absolute atomic E-state index is 0.104. The van der Waals surface area contributed by atoms with Crippen LogP contribution in [0, 0.1) is 0 Å². The summed E-state index contributed by atoms with van der Waals surface area (Å²) in [6.45, 7) is 4.84. The lowest BCUT2D eigenvalue weighted by molar-refractivity contribution is -0.114. The number of hydrogen-bond donors (Lipinski definition) is 3. The highest BCUT2D eigenvalue weighted by Gasteiger charge is 2.16. The fourth-order valence-electron chi connectivity index (χ4n) is 2.83. The second-order valence-corrected chi connectivity index (χ2v) is 7.63. The number of benzene rings is 3. The summed E-state index contributed by atoms with van der Waals surface area (Å²) in [5.41, 5.74) is 6.61. The van der Waals surface area contributed by atoms with Crippen LogP contribution in [-0.4, -0.2) is 37.8 Å². The number of anilines is 1. The van der Waals surface area contributed by atoms with Crippen molar-refractivity contribution in [1.82, 2.24) is 5.32 Å². The molecule has 8 nitrogen and oxygen atoms in total. The van der Waals surface area contributed by atoms with Gasteiger partial charge < -0.3 is 25.9 Å². The Hall–Kier alpha value is -4.11. The van der Waals surface area contributed by atoms with Crippen LogP contribution in [-0.2, 0) is 9.59 Å². The van der Waals surface area contributed by atoms with E-state index in [4.69, 9.17) is 15.3 Å². The summed E-state index contributed by atoms with van der Waals surface area (Å²) >= 11 is 1.19. The topological polar surface area (TPSA) is 123 Å². The summed E-state index contributed by atoms with van der Waals surface area (Å²) in [7, 11) is 1.55. The molecule has 0 aliphatic rings. The van der Waals surface area contributed by atoms with Crippen molar-refractivity contribution < 1.29 is 19.1 Å². The number of fused-ring (bicyclic) bond motifs is 1. The second kappa shape index (κ2) is 13.4. The number of aldehydes is 1. The van der Waals surface area contributed by atoms with Crippen molar-refractivity contribution in [2.75, 3.05) is 18.3 Å². The van der Waals surface area contributed by atoms with Crippen LogP contribution in [0.4, 0.5) is 5.69 Å². The Bertz CT molecular complexity index is 1190. The van der Waals surface area contributed by atoms with E-state index in [1.54, 1.807) is 31.4 Å². The molecule has 9 heteroatoms. The van der Waals surface area contributed by atoms with E-state index >= 15 is 0 Å². The van der Waals surface area contributed by atoms with E-state index in [0.29, 0.717) is 17.2 Å². The van der Waals surface area contributed by atoms with Gasteiger partial charge in [0.05, 0.1) is 13.0 Å². The van der Waals surface area contributed by atoms with Crippen LogP contribution in [0.5, 0.6) is 5.75 Å². The third-order valence-corrected chi connectivity index (χ3v) is 5.30. The van der Waals surface area contributed by atoms with Crippen LogP contribution in [0.1, 0.15) is 17.3 Å². The minimum Gasteiger partial charge on any atom is -0.497 e. The number of nitrogens with one attached hydrogen (secondary N) is 2. The van der Waals surface area contributed by atoms with Gasteiger partial charge in [0.2, 0.25) is 0 Å². The molecular weight excluding hydrogens is 452 g/mol.